The van der Waals surface area contributed by atoms with Crippen LogP contribution in [0.15, 0.2) is 18.2 Å². The molecule has 3 rings (SSSR count). The van der Waals surface area contributed by atoms with Crippen LogP contribution in [0, 0.1) is 0 Å². The normalized spacial score (nSPS) is 27.3. The Morgan fingerprint density at radius 3 is 1.78 bits per heavy atom. The first kappa shape index (κ1) is 17.0. The van der Waals surface area contributed by atoms with E-state index in [-0.39, 0.29) is 29.4 Å². The Bertz CT molecular complexity index is 633. The predicted molar refractivity (Wildman–Crippen MR) is 96.0 cm³/mol. The minimum Gasteiger partial charge on any atom is -0.399 e. The quantitative estimate of drug-likeness (QED) is 0.742. The van der Waals surface area contributed by atoms with Crippen LogP contribution in [0.1, 0.15) is 66.5 Å². The highest BCUT2D eigenvalue weighted by molar-refractivity contribution is 6.62. The first-order chi connectivity index (χ1) is 10.3. The van der Waals surface area contributed by atoms with E-state index in [2.05, 4.69) is 85.5 Å². The summed E-state index contributed by atoms with van der Waals surface area (Å²) in [5.41, 5.74) is 3.31. The summed E-state index contributed by atoms with van der Waals surface area (Å²) in [6.07, 6.45) is 0. The molecule has 0 spiro atoms. The molecule has 0 unspecified atom stereocenters. The maximum atomic E-state index is 6.22. The molecule has 0 N–H and O–H groups in total. The van der Waals surface area contributed by atoms with Gasteiger partial charge in [-0.2, -0.15) is 0 Å². The summed E-state index contributed by atoms with van der Waals surface area (Å²) in [4.78, 5) is 2.44. The lowest BCUT2D eigenvalue weighted by molar-refractivity contribution is 0.00578. The minimum absolute atomic E-state index is 0.00150. The van der Waals surface area contributed by atoms with Gasteiger partial charge in [0, 0.05) is 11.1 Å². The molecular weight excluding hydrogens is 285 g/mol. The van der Waals surface area contributed by atoms with E-state index in [9.17, 15) is 0 Å². The third-order valence-electron chi connectivity index (χ3n) is 6.56. The highest BCUT2D eigenvalue weighted by Gasteiger charge is 2.53. The van der Waals surface area contributed by atoms with Gasteiger partial charge >= 0.3 is 7.12 Å². The van der Waals surface area contributed by atoms with Gasteiger partial charge in [0.05, 0.1) is 11.2 Å². The van der Waals surface area contributed by atoms with Crippen molar-refractivity contribution in [3.8, 4) is 0 Å². The highest BCUT2D eigenvalue weighted by Crippen LogP contribution is 2.48. The van der Waals surface area contributed by atoms with E-state index >= 15 is 0 Å². The third-order valence-corrected chi connectivity index (χ3v) is 6.56. The van der Waals surface area contributed by atoms with Gasteiger partial charge < -0.3 is 9.31 Å². The summed E-state index contributed by atoms with van der Waals surface area (Å²) in [6.45, 7) is 17.5. The van der Waals surface area contributed by atoms with Gasteiger partial charge in [0.2, 0.25) is 0 Å². The molecule has 23 heavy (non-hydrogen) atoms. The molecule has 0 saturated carbocycles. The average molecular weight is 315 g/mol. The van der Waals surface area contributed by atoms with Crippen LogP contribution in [0.5, 0.6) is 0 Å². The lowest BCUT2D eigenvalue weighted by atomic mass is 9.75. The Kier molecular flexibility index (Phi) is 3.41. The topological polar surface area (TPSA) is 21.7 Å². The van der Waals surface area contributed by atoms with Gasteiger partial charge in [-0.1, -0.05) is 18.2 Å². The van der Waals surface area contributed by atoms with Crippen molar-refractivity contribution in [3.05, 3.63) is 29.3 Å². The van der Waals surface area contributed by atoms with Gasteiger partial charge in [-0.15, -0.1) is 0 Å². The number of hydrogen-bond donors (Lipinski definition) is 0. The highest BCUT2D eigenvalue weighted by atomic mass is 16.7. The molecular formula is C19H30BNO2. The van der Waals surface area contributed by atoms with Crippen molar-refractivity contribution in [1.29, 1.82) is 0 Å². The number of hydrogen-bond acceptors (Lipinski definition) is 3. The van der Waals surface area contributed by atoms with Crippen molar-refractivity contribution in [1.82, 2.24) is 4.90 Å². The molecule has 0 bridgehead atoms. The molecule has 0 aromatic heterocycles. The van der Waals surface area contributed by atoms with E-state index in [1.54, 1.807) is 0 Å². The second-order valence-corrected chi connectivity index (χ2v) is 9.07. The lowest BCUT2D eigenvalue weighted by Gasteiger charge is -2.37. The fraction of sp³-hybridized carbons (Fsp3) is 0.684. The molecule has 2 aliphatic rings. The molecule has 1 fully saturated rings. The second kappa shape index (κ2) is 4.62. The zero-order valence-electron chi connectivity index (χ0n) is 16.1. The number of fused-ring (bicyclic) bond motifs is 1. The van der Waals surface area contributed by atoms with Gasteiger partial charge in [-0.25, -0.2) is 0 Å². The molecule has 3 nitrogen and oxygen atoms in total. The van der Waals surface area contributed by atoms with Crippen LogP contribution in [-0.4, -0.2) is 30.3 Å². The number of rotatable bonds is 1. The molecule has 0 atom stereocenters. The van der Waals surface area contributed by atoms with Gasteiger partial charge in [0.15, 0.2) is 0 Å². The van der Waals surface area contributed by atoms with Crippen LogP contribution in [0.4, 0.5) is 0 Å². The molecule has 4 heteroatoms. The zero-order valence-corrected chi connectivity index (χ0v) is 16.1. The SMILES string of the molecule is CN1C(C)(C)c2ccc(B3OC(C)(C)C(C)(C)O3)cc2C1(C)C. The van der Waals surface area contributed by atoms with Gasteiger partial charge in [0.25, 0.3) is 0 Å². The van der Waals surface area contributed by atoms with Gasteiger partial charge in [0.1, 0.15) is 0 Å². The molecule has 0 aliphatic carbocycles. The summed E-state index contributed by atoms with van der Waals surface area (Å²) in [7, 11) is 1.91. The molecule has 2 aliphatic heterocycles. The molecule has 126 valence electrons. The van der Waals surface area contributed by atoms with Gasteiger partial charge in [-0.05, 0) is 79.0 Å². The minimum atomic E-state index is -0.303. The molecule has 0 amide bonds. The molecule has 1 aromatic rings. The van der Waals surface area contributed by atoms with Crippen LogP contribution >= 0.6 is 0 Å². The number of nitrogens with zero attached hydrogens (tertiary/aromatic N) is 1. The fourth-order valence-corrected chi connectivity index (χ4v) is 3.79. The Balaban J connectivity index is 2.03. The van der Waals surface area contributed by atoms with Crippen LogP contribution in [-0.2, 0) is 20.4 Å². The van der Waals surface area contributed by atoms with Crippen LogP contribution in [0.25, 0.3) is 0 Å². The van der Waals surface area contributed by atoms with Crippen molar-refractivity contribution in [2.45, 2.75) is 77.7 Å². The maximum Gasteiger partial charge on any atom is 0.494 e. The third kappa shape index (κ3) is 2.22. The Morgan fingerprint density at radius 2 is 1.26 bits per heavy atom. The van der Waals surface area contributed by atoms with Crippen LogP contribution < -0.4 is 5.46 Å². The summed E-state index contributed by atoms with van der Waals surface area (Å²) < 4.78 is 12.4. The van der Waals surface area contributed by atoms with Crippen molar-refractivity contribution < 1.29 is 9.31 Å². The van der Waals surface area contributed by atoms with Gasteiger partial charge in [-0.3, -0.25) is 4.90 Å². The van der Waals surface area contributed by atoms with Crippen molar-refractivity contribution >= 4 is 12.6 Å². The van der Waals surface area contributed by atoms with E-state index in [1.807, 2.05) is 0 Å². The molecule has 1 aromatic carbocycles. The van der Waals surface area contributed by atoms with Crippen molar-refractivity contribution in [2.24, 2.45) is 0 Å². The lowest BCUT2D eigenvalue weighted by Crippen LogP contribution is -2.42. The Hall–Kier alpha value is -0.835. The molecule has 2 heterocycles. The zero-order chi connectivity index (χ0) is 17.4. The predicted octanol–water partition coefficient (Wildman–Crippen LogP) is 3.40. The van der Waals surface area contributed by atoms with E-state index in [4.69, 9.17) is 9.31 Å². The monoisotopic (exact) mass is 315 g/mol. The summed E-state index contributed by atoms with van der Waals surface area (Å²) in [5.74, 6) is 0. The second-order valence-electron chi connectivity index (χ2n) is 9.07. The summed E-state index contributed by atoms with van der Waals surface area (Å²) >= 11 is 0. The molecule has 0 radical (unpaired) electrons. The van der Waals surface area contributed by atoms with E-state index in [0.717, 1.165) is 5.46 Å². The average Bonchev–Trinajstić information content (AvgIpc) is 2.72. The van der Waals surface area contributed by atoms with Crippen molar-refractivity contribution in [3.63, 3.8) is 0 Å². The Morgan fingerprint density at radius 1 is 0.783 bits per heavy atom. The summed E-state index contributed by atoms with van der Waals surface area (Å²) in [5, 5.41) is 0. The maximum absolute atomic E-state index is 6.22. The fourth-order valence-electron chi connectivity index (χ4n) is 3.79. The van der Waals surface area contributed by atoms with Crippen molar-refractivity contribution in [2.75, 3.05) is 7.05 Å². The first-order valence-electron chi connectivity index (χ1n) is 8.55. The first-order valence-corrected chi connectivity index (χ1v) is 8.55. The number of benzene rings is 1. The summed E-state index contributed by atoms with van der Waals surface area (Å²) in [6, 6.07) is 6.70. The van der Waals surface area contributed by atoms with E-state index < -0.39 is 0 Å². The molecule has 1 saturated heterocycles. The Labute approximate surface area is 141 Å². The standard InChI is InChI=1S/C19H30BNO2/c1-16(2)14-11-10-13(12-15(14)17(3,4)21(16)9)20-22-18(5,6)19(7,8)23-20/h10-12H,1-9H3. The smallest absolute Gasteiger partial charge is 0.399 e. The largest absolute Gasteiger partial charge is 0.494 e. The van der Waals surface area contributed by atoms with E-state index in [0.29, 0.717) is 0 Å². The van der Waals surface area contributed by atoms with Crippen LogP contribution in [0.3, 0.4) is 0 Å². The van der Waals surface area contributed by atoms with E-state index in [1.165, 1.54) is 11.1 Å². The van der Waals surface area contributed by atoms with Crippen LogP contribution in [0.2, 0.25) is 0 Å².